The van der Waals surface area contributed by atoms with Crippen LogP contribution in [0.2, 0.25) is 5.02 Å². The first-order valence-corrected chi connectivity index (χ1v) is 11.3. The van der Waals surface area contributed by atoms with E-state index in [-0.39, 0.29) is 18.4 Å². The fourth-order valence-electron chi connectivity index (χ4n) is 4.27. The lowest BCUT2D eigenvalue weighted by atomic mass is 10.1. The van der Waals surface area contributed by atoms with Crippen LogP contribution in [-0.4, -0.2) is 37.4 Å². The highest BCUT2D eigenvalue weighted by molar-refractivity contribution is 6.30. The highest BCUT2D eigenvalue weighted by Gasteiger charge is 2.24. The van der Waals surface area contributed by atoms with E-state index in [1.807, 2.05) is 42.5 Å². The number of carboxylic acid groups (broad SMARTS) is 1. The Morgan fingerprint density at radius 2 is 1.86 bits per heavy atom. The Morgan fingerprint density at radius 3 is 2.54 bits per heavy atom. The first-order chi connectivity index (χ1) is 17.0. The lowest BCUT2D eigenvalue weighted by Crippen LogP contribution is -2.31. The normalized spacial score (nSPS) is 12.3. The summed E-state index contributed by atoms with van der Waals surface area (Å²) in [5.41, 5.74) is 3.77. The molecule has 0 aliphatic heterocycles. The Hall–Kier alpha value is -4.01. The third kappa shape index (κ3) is 4.18. The van der Waals surface area contributed by atoms with E-state index >= 15 is 0 Å². The summed E-state index contributed by atoms with van der Waals surface area (Å²) in [4.78, 5) is 30.1. The molecule has 1 unspecified atom stereocenters. The topological polar surface area (TPSA) is 98.7 Å². The maximum atomic E-state index is 13.4. The molecule has 1 atom stereocenters. The van der Waals surface area contributed by atoms with Gasteiger partial charge in [-0.1, -0.05) is 54.1 Å². The van der Waals surface area contributed by atoms with Crippen molar-refractivity contribution in [2.45, 2.75) is 19.1 Å². The lowest BCUT2D eigenvalue weighted by Gasteiger charge is -2.16. The molecule has 0 bridgehead atoms. The Kier molecular flexibility index (Phi) is 6.07. The maximum absolute atomic E-state index is 13.4. The molecule has 0 radical (unpaired) electrons. The van der Waals surface area contributed by atoms with Gasteiger partial charge in [-0.05, 0) is 29.3 Å². The SMILES string of the molecule is COCc1nn2c(ncc3c(=O)n(C(Cc4ccccc4)C(=O)O)ccc32)c1-c1ccc(Cl)cc1. The molecule has 9 heteroatoms. The zero-order chi connectivity index (χ0) is 24.5. The molecule has 8 nitrogen and oxygen atoms in total. The summed E-state index contributed by atoms with van der Waals surface area (Å²) >= 11 is 6.06. The smallest absolute Gasteiger partial charge is 0.327 e. The molecule has 1 N–H and O–H groups in total. The summed E-state index contributed by atoms with van der Waals surface area (Å²) in [5.74, 6) is -1.09. The molecule has 0 amide bonds. The molecule has 0 fully saturated rings. The summed E-state index contributed by atoms with van der Waals surface area (Å²) in [6.45, 7) is 0.248. The second-order valence-electron chi connectivity index (χ2n) is 8.13. The summed E-state index contributed by atoms with van der Waals surface area (Å²) in [5, 5.41) is 15.4. The molecule has 3 heterocycles. The number of halogens is 1. The number of aliphatic carboxylic acids is 1. The van der Waals surface area contributed by atoms with E-state index in [2.05, 4.69) is 10.1 Å². The number of fused-ring (bicyclic) bond motifs is 3. The number of carboxylic acids is 1. The molecule has 176 valence electrons. The Morgan fingerprint density at radius 1 is 1.11 bits per heavy atom. The molecule has 0 spiro atoms. The van der Waals surface area contributed by atoms with Gasteiger partial charge in [-0.15, -0.1) is 0 Å². The van der Waals surface area contributed by atoms with Gasteiger partial charge in [0.05, 0.1) is 28.8 Å². The van der Waals surface area contributed by atoms with E-state index < -0.39 is 17.6 Å². The van der Waals surface area contributed by atoms with Gasteiger partial charge in [-0.3, -0.25) is 4.79 Å². The average Bonchev–Trinajstić information content (AvgIpc) is 3.23. The molecule has 5 rings (SSSR count). The number of methoxy groups -OCH3 is 1. The number of carbonyl (C=O) groups is 1. The highest BCUT2D eigenvalue weighted by Crippen LogP contribution is 2.30. The number of hydrogen-bond acceptors (Lipinski definition) is 5. The van der Waals surface area contributed by atoms with E-state index in [0.29, 0.717) is 21.9 Å². The number of benzene rings is 2. The number of hydrogen-bond donors (Lipinski definition) is 1. The van der Waals surface area contributed by atoms with E-state index in [1.54, 1.807) is 29.8 Å². The maximum Gasteiger partial charge on any atom is 0.327 e. The Labute approximate surface area is 205 Å². The number of nitrogens with zero attached hydrogens (tertiary/aromatic N) is 4. The van der Waals surface area contributed by atoms with Crippen LogP contribution in [0.15, 0.2) is 77.9 Å². The van der Waals surface area contributed by atoms with E-state index in [0.717, 1.165) is 16.7 Å². The van der Waals surface area contributed by atoms with Crippen molar-refractivity contribution >= 4 is 34.1 Å². The van der Waals surface area contributed by atoms with Crippen molar-refractivity contribution < 1.29 is 14.6 Å². The van der Waals surface area contributed by atoms with Crippen molar-refractivity contribution in [3.63, 3.8) is 0 Å². The second kappa shape index (κ2) is 9.32. The fourth-order valence-corrected chi connectivity index (χ4v) is 4.39. The summed E-state index contributed by atoms with van der Waals surface area (Å²) in [6.07, 6.45) is 3.16. The van der Waals surface area contributed by atoms with Crippen LogP contribution in [0.25, 0.3) is 27.7 Å². The van der Waals surface area contributed by atoms with Crippen molar-refractivity contribution in [1.82, 2.24) is 19.2 Å². The van der Waals surface area contributed by atoms with Crippen LogP contribution in [-0.2, 0) is 22.6 Å². The van der Waals surface area contributed by atoms with Crippen molar-refractivity contribution in [3.8, 4) is 11.1 Å². The molecule has 35 heavy (non-hydrogen) atoms. The minimum Gasteiger partial charge on any atom is -0.480 e. The first kappa shape index (κ1) is 22.8. The van der Waals surface area contributed by atoms with Gasteiger partial charge in [-0.25, -0.2) is 14.3 Å². The molecule has 0 aliphatic carbocycles. The van der Waals surface area contributed by atoms with E-state index in [4.69, 9.17) is 16.3 Å². The van der Waals surface area contributed by atoms with Gasteiger partial charge in [-0.2, -0.15) is 5.10 Å². The van der Waals surface area contributed by atoms with Crippen molar-refractivity contribution in [3.05, 3.63) is 99.7 Å². The second-order valence-corrected chi connectivity index (χ2v) is 8.56. The molecule has 2 aromatic carbocycles. The average molecular weight is 489 g/mol. The standard InChI is InChI=1S/C26H21ClN4O4/c1-35-15-20-23(17-7-9-18(27)10-8-17)24-28-14-19-21(31(24)29-20)11-12-30(25(19)32)22(26(33)34)13-16-5-3-2-4-6-16/h2-12,14,22H,13,15H2,1H3,(H,33,34). The number of ether oxygens (including phenoxy) is 1. The van der Waals surface area contributed by atoms with E-state index in [9.17, 15) is 14.7 Å². The Balaban J connectivity index is 1.67. The zero-order valence-corrected chi connectivity index (χ0v) is 19.5. The largest absolute Gasteiger partial charge is 0.480 e. The summed E-state index contributed by atoms with van der Waals surface area (Å²) < 4.78 is 8.20. The molecular formula is C26H21ClN4O4. The molecule has 3 aromatic heterocycles. The minimum atomic E-state index is -1.09. The minimum absolute atomic E-state index is 0.178. The van der Waals surface area contributed by atoms with Crippen LogP contribution in [0.5, 0.6) is 0 Å². The van der Waals surface area contributed by atoms with Crippen LogP contribution in [0.3, 0.4) is 0 Å². The quantitative estimate of drug-likeness (QED) is 0.365. The highest BCUT2D eigenvalue weighted by atomic mass is 35.5. The van der Waals surface area contributed by atoms with Gasteiger partial charge >= 0.3 is 5.97 Å². The van der Waals surface area contributed by atoms with Crippen LogP contribution in [0.4, 0.5) is 0 Å². The summed E-state index contributed by atoms with van der Waals surface area (Å²) in [6, 6.07) is 17.2. The molecule has 0 aliphatic rings. The van der Waals surface area contributed by atoms with Gasteiger partial charge in [0, 0.05) is 30.9 Å². The third-order valence-electron chi connectivity index (χ3n) is 5.92. The van der Waals surface area contributed by atoms with Gasteiger partial charge in [0.1, 0.15) is 6.04 Å². The van der Waals surface area contributed by atoms with Gasteiger partial charge in [0.15, 0.2) is 5.65 Å². The molecule has 0 saturated heterocycles. The number of aromatic nitrogens is 4. The van der Waals surface area contributed by atoms with Crippen LogP contribution < -0.4 is 5.56 Å². The van der Waals surface area contributed by atoms with Crippen LogP contribution >= 0.6 is 11.6 Å². The van der Waals surface area contributed by atoms with Crippen LogP contribution in [0.1, 0.15) is 17.3 Å². The number of pyridine rings is 1. The van der Waals surface area contributed by atoms with Crippen molar-refractivity contribution in [1.29, 1.82) is 0 Å². The zero-order valence-electron chi connectivity index (χ0n) is 18.8. The lowest BCUT2D eigenvalue weighted by molar-refractivity contribution is -0.141. The van der Waals surface area contributed by atoms with Gasteiger partial charge in [0.25, 0.3) is 5.56 Å². The summed E-state index contributed by atoms with van der Waals surface area (Å²) in [7, 11) is 1.58. The molecule has 0 saturated carbocycles. The van der Waals surface area contributed by atoms with Gasteiger partial charge in [0.2, 0.25) is 0 Å². The van der Waals surface area contributed by atoms with E-state index in [1.165, 1.54) is 17.0 Å². The fraction of sp³-hybridized carbons (Fsp3) is 0.154. The van der Waals surface area contributed by atoms with Crippen LogP contribution in [0, 0.1) is 0 Å². The predicted octanol–water partition coefficient (Wildman–Crippen LogP) is 4.38. The molecular weight excluding hydrogens is 468 g/mol. The monoisotopic (exact) mass is 488 g/mol. The molecule has 5 aromatic rings. The number of rotatable bonds is 7. The predicted molar refractivity (Wildman–Crippen MR) is 133 cm³/mol. The van der Waals surface area contributed by atoms with Crippen molar-refractivity contribution in [2.24, 2.45) is 0 Å². The Bertz CT molecular complexity index is 1590. The third-order valence-corrected chi connectivity index (χ3v) is 6.17. The van der Waals surface area contributed by atoms with Gasteiger partial charge < -0.3 is 14.4 Å². The first-order valence-electron chi connectivity index (χ1n) is 10.9. The van der Waals surface area contributed by atoms with Crippen molar-refractivity contribution in [2.75, 3.05) is 7.11 Å².